The Morgan fingerprint density at radius 3 is 1.89 bits per heavy atom. The van der Waals surface area contributed by atoms with E-state index in [1.54, 1.807) is 0 Å². The van der Waals surface area contributed by atoms with Crippen molar-refractivity contribution in [2.75, 3.05) is 0 Å². The second-order valence-corrected chi connectivity index (χ2v) is 5.07. The fourth-order valence-corrected chi connectivity index (χ4v) is 2.50. The van der Waals surface area contributed by atoms with E-state index in [0.29, 0.717) is 21.9 Å². The van der Waals surface area contributed by atoms with Crippen LogP contribution < -0.4 is 0 Å². The summed E-state index contributed by atoms with van der Waals surface area (Å²) in [5, 5.41) is 0. The molecule has 3 heteroatoms. The minimum Gasteiger partial charge on any atom is -0.370 e. The molecule has 0 spiro atoms. The Balaban J connectivity index is 1.98. The van der Waals surface area contributed by atoms with Crippen molar-refractivity contribution >= 4 is 31.9 Å². The van der Waals surface area contributed by atoms with Crippen molar-refractivity contribution in [3.8, 4) is 0 Å². The Morgan fingerprint density at radius 2 is 1.44 bits per heavy atom. The van der Waals surface area contributed by atoms with Gasteiger partial charge >= 0.3 is 0 Å². The summed E-state index contributed by atoms with van der Waals surface area (Å²) in [6.45, 7) is 0. The third-order valence-corrected chi connectivity index (χ3v) is 4.73. The van der Waals surface area contributed by atoms with Crippen molar-refractivity contribution in [3.05, 3.63) is 0 Å². The van der Waals surface area contributed by atoms with Crippen LogP contribution in [-0.4, -0.2) is 21.9 Å². The second kappa shape index (κ2) is 2.21. The summed E-state index contributed by atoms with van der Waals surface area (Å²) in [4.78, 5) is 1.25. The van der Waals surface area contributed by atoms with Gasteiger partial charge < -0.3 is 4.74 Å². The standard InChI is InChI=1S/C6H8Br2O/c7-3-1-5-6(9-5)2-4(3)8/h3-6H,1-2H2/t3-,4-,5-,6+/m0/s1. The van der Waals surface area contributed by atoms with Crippen molar-refractivity contribution in [1.29, 1.82) is 0 Å². The average Bonchev–Trinajstić information content (AvgIpc) is 2.46. The Kier molecular flexibility index (Phi) is 1.62. The van der Waals surface area contributed by atoms with Crippen LogP contribution in [0.5, 0.6) is 0 Å². The lowest BCUT2D eigenvalue weighted by Gasteiger charge is -2.18. The molecule has 0 amide bonds. The number of rotatable bonds is 0. The monoisotopic (exact) mass is 254 g/mol. The molecular weight excluding hydrogens is 248 g/mol. The molecule has 0 radical (unpaired) electrons. The SMILES string of the molecule is Br[C@H]1C[C@@H]2O[C@@H]2C[C@@H]1Br. The van der Waals surface area contributed by atoms with E-state index in [0.717, 1.165) is 0 Å². The Hall–Kier alpha value is 0.920. The van der Waals surface area contributed by atoms with E-state index in [1.807, 2.05) is 0 Å². The molecule has 0 unspecified atom stereocenters. The number of epoxide rings is 1. The largest absolute Gasteiger partial charge is 0.370 e. The molecule has 1 saturated carbocycles. The predicted molar refractivity (Wildman–Crippen MR) is 43.3 cm³/mol. The molecule has 1 aliphatic heterocycles. The van der Waals surface area contributed by atoms with Crippen molar-refractivity contribution in [3.63, 3.8) is 0 Å². The maximum atomic E-state index is 5.36. The first-order valence-electron chi connectivity index (χ1n) is 3.21. The van der Waals surface area contributed by atoms with Crippen molar-refractivity contribution < 1.29 is 4.74 Å². The lowest BCUT2D eigenvalue weighted by molar-refractivity contribution is 0.373. The van der Waals surface area contributed by atoms with Gasteiger partial charge in [0, 0.05) is 9.65 Å². The molecule has 1 nitrogen and oxygen atoms in total. The Labute approximate surface area is 71.4 Å². The van der Waals surface area contributed by atoms with Crippen molar-refractivity contribution in [2.24, 2.45) is 0 Å². The third kappa shape index (κ3) is 1.19. The number of hydrogen-bond donors (Lipinski definition) is 0. The lowest BCUT2D eigenvalue weighted by atomic mass is 10.0. The third-order valence-electron chi connectivity index (χ3n) is 2.00. The van der Waals surface area contributed by atoms with Gasteiger partial charge in [-0.3, -0.25) is 0 Å². The quantitative estimate of drug-likeness (QED) is 0.477. The van der Waals surface area contributed by atoms with Gasteiger partial charge in [0.15, 0.2) is 0 Å². The fourth-order valence-electron chi connectivity index (χ4n) is 1.33. The summed E-state index contributed by atoms with van der Waals surface area (Å²) in [7, 11) is 0. The van der Waals surface area contributed by atoms with Crippen LogP contribution in [0.3, 0.4) is 0 Å². The highest BCUT2D eigenvalue weighted by atomic mass is 79.9. The first-order chi connectivity index (χ1) is 4.27. The summed E-state index contributed by atoms with van der Waals surface area (Å²) >= 11 is 7.19. The Bertz CT molecular complexity index is 114. The average molecular weight is 256 g/mol. The number of hydrogen-bond acceptors (Lipinski definition) is 1. The molecule has 1 heterocycles. The number of halogens is 2. The van der Waals surface area contributed by atoms with Gasteiger partial charge in [0.05, 0.1) is 12.2 Å². The maximum Gasteiger partial charge on any atom is 0.0853 e. The molecule has 1 aliphatic carbocycles. The van der Waals surface area contributed by atoms with Gasteiger partial charge in [-0.15, -0.1) is 0 Å². The molecule has 0 aromatic carbocycles. The number of ether oxygens (including phenoxy) is 1. The van der Waals surface area contributed by atoms with E-state index >= 15 is 0 Å². The maximum absolute atomic E-state index is 5.36. The van der Waals surface area contributed by atoms with Crippen LogP contribution in [-0.2, 0) is 4.74 Å². The molecule has 52 valence electrons. The predicted octanol–water partition coefficient (Wildman–Crippen LogP) is 2.07. The smallest absolute Gasteiger partial charge is 0.0853 e. The lowest BCUT2D eigenvalue weighted by Crippen LogP contribution is -2.24. The minimum atomic E-state index is 0.586. The summed E-state index contributed by atoms with van der Waals surface area (Å²) in [5.41, 5.74) is 0. The van der Waals surface area contributed by atoms with Gasteiger partial charge in [-0.2, -0.15) is 0 Å². The number of fused-ring (bicyclic) bond motifs is 1. The van der Waals surface area contributed by atoms with Crippen molar-refractivity contribution in [1.82, 2.24) is 0 Å². The molecule has 9 heavy (non-hydrogen) atoms. The van der Waals surface area contributed by atoms with Crippen LogP contribution in [0.2, 0.25) is 0 Å². The zero-order chi connectivity index (χ0) is 6.43. The van der Waals surface area contributed by atoms with Gasteiger partial charge in [-0.05, 0) is 12.8 Å². The van der Waals surface area contributed by atoms with Gasteiger partial charge in [-0.1, -0.05) is 31.9 Å². The molecule has 0 bridgehead atoms. The van der Waals surface area contributed by atoms with Crippen molar-refractivity contribution in [2.45, 2.75) is 34.7 Å². The van der Waals surface area contributed by atoms with Crippen LogP contribution >= 0.6 is 31.9 Å². The van der Waals surface area contributed by atoms with E-state index in [9.17, 15) is 0 Å². The molecule has 0 N–H and O–H groups in total. The first kappa shape index (κ1) is 6.62. The zero-order valence-electron chi connectivity index (χ0n) is 4.89. The normalized spacial score (nSPS) is 56.7. The van der Waals surface area contributed by atoms with Crippen LogP contribution in [0.15, 0.2) is 0 Å². The second-order valence-electron chi connectivity index (χ2n) is 2.72. The van der Waals surface area contributed by atoms with Gasteiger partial charge in [-0.25, -0.2) is 0 Å². The summed E-state index contributed by atoms with van der Waals surface area (Å²) in [6, 6.07) is 0. The van der Waals surface area contributed by atoms with Gasteiger partial charge in [0.1, 0.15) is 0 Å². The molecule has 0 aromatic heterocycles. The highest BCUT2D eigenvalue weighted by Gasteiger charge is 2.46. The van der Waals surface area contributed by atoms with Crippen LogP contribution in [0.25, 0.3) is 0 Å². The zero-order valence-corrected chi connectivity index (χ0v) is 8.06. The van der Waals surface area contributed by atoms with E-state index in [-0.39, 0.29) is 0 Å². The van der Waals surface area contributed by atoms with Crippen LogP contribution in [0.1, 0.15) is 12.8 Å². The Morgan fingerprint density at radius 1 is 1.00 bits per heavy atom. The minimum absolute atomic E-state index is 0.586. The molecule has 0 aromatic rings. The molecule has 1 saturated heterocycles. The molecule has 2 rings (SSSR count). The summed E-state index contributed by atoms with van der Waals surface area (Å²) in [6.07, 6.45) is 3.53. The fraction of sp³-hybridized carbons (Fsp3) is 1.00. The van der Waals surface area contributed by atoms with Crippen LogP contribution in [0, 0.1) is 0 Å². The highest BCUT2D eigenvalue weighted by molar-refractivity contribution is 9.12. The molecular formula is C6H8Br2O. The van der Waals surface area contributed by atoms with E-state index in [2.05, 4.69) is 31.9 Å². The van der Waals surface area contributed by atoms with E-state index < -0.39 is 0 Å². The van der Waals surface area contributed by atoms with Gasteiger partial charge in [0.2, 0.25) is 0 Å². The molecule has 2 fully saturated rings. The first-order valence-corrected chi connectivity index (χ1v) is 5.04. The number of alkyl halides is 2. The topological polar surface area (TPSA) is 12.5 Å². The summed E-state index contributed by atoms with van der Waals surface area (Å²) in [5.74, 6) is 0. The summed E-state index contributed by atoms with van der Waals surface area (Å²) < 4.78 is 5.36. The van der Waals surface area contributed by atoms with E-state index in [1.165, 1.54) is 12.8 Å². The van der Waals surface area contributed by atoms with Crippen LogP contribution in [0.4, 0.5) is 0 Å². The molecule has 4 atom stereocenters. The molecule has 2 aliphatic rings. The van der Waals surface area contributed by atoms with E-state index in [4.69, 9.17) is 4.74 Å². The van der Waals surface area contributed by atoms with Gasteiger partial charge in [0.25, 0.3) is 0 Å². The highest BCUT2D eigenvalue weighted by Crippen LogP contribution is 2.41.